The monoisotopic (exact) mass is 266 g/mol. The van der Waals surface area contributed by atoms with Crippen molar-refractivity contribution in [3.05, 3.63) is 24.3 Å². The molecule has 2 rings (SSSR count). The van der Waals surface area contributed by atoms with Gasteiger partial charge in [0, 0.05) is 13.2 Å². The first kappa shape index (κ1) is 13.7. The molecule has 1 saturated heterocycles. The molecule has 5 heteroatoms. The second kappa shape index (κ2) is 5.93. The second-order valence-electron chi connectivity index (χ2n) is 4.64. The molecule has 1 aromatic rings. The molecular weight excluding hydrogens is 248 g/mol. The number of benzene rings is 1. The normalized spacial score (nSPS) is 17.7. The van der Waals surface area contributed by atoms with Gasteiger partial charge in [-0.15, -0.1) is 0 Å². The van der Waals surface area contributed by atoms with Crippen LogP contribution in [0.25, 0.3) is 0 Å². The molecule has 1 heterocycles. The van der Waals surface area contributed by atoms with E-state index < -0.39 is 11.4 Å². The van der Waals surface area contributed by atoms with E-state index in [4.69, 9.17) is 14.2 Å². The van der Waals surface area contributed by atoms with E-state index in [0.29, 0.717) is 37.6 Å². The molecule has 1 fully saturated rings. The molecule has 1 N–H and O–H groups in total. The zero-order valence-electron chi connectivity index (χ0n) is 10.9. The van der Waals surface area contributed by atoms with Gasteiger partial charge in [-0.2, -0.15) is 0 Å². The summed E-state index contributed by atoms with van der Waals surface area (Å²) in [7, 11) is 1.56. The van der Waals surface area contributed by atoms with E-state index in [1.807, 2.05) is 12.1 Å². The van der Waals surface area contributed by atoms with Gasteiger partial charge in [0.1, 0.15) is 12.0 Å². The Morgan fingerprint density at radius 3 is 2.53 bits per heavy atom. The van der Waals surface area contributed by atoms with Gasteiger partial charge in [0.2, 0.25) is 0 Å². The molecule has 0 atom stereocenters. The van der Waals surface area contributed by atoms with Crippen LogP contribution in [0.4, 0.5) is 0 Å². The molecule has 104 valence electrons. The topological polar surface area (TPSA) is 65.0 Å². The molecule has 0 amide bonds. The summed E-state index contributed by atoms with van der Waals surface area (Å²) in [5, 5.41) is 9.43. The molecule has 19 heavy (non-hydrogen) atoms. The third-order valence-corrected chi connectivity index (χ3v) is 3.48. The number of carboxylic acids is 1. The Morgan fingerprint density at radius 1 is 1.32 bits per heavy atom. The molecule has 0 bridgehead atoms. The standard InChI is InChI=1S/C14H18O5/c1-17-11-4-2-3-5-12(11)19-10-14(13(15)16)6-8-18-9-7-14/h2-5H,6-10H2,1H3,(H,15,16). The fourth-order valence-corrected chi connectivity index (χ4v) is 2.14. The Kier molecular flexibility index (Phi) is 4.27. The van der Waals surface area contributed by atoms with Crippen LogP contribution in [0.3, 0.4) is 0 Å². The van der Waals surface area contributed by atoms with Crippen molar-refractivity contribution in [2.24, 2.45) is 5.41 Å². The Bertz CT molecular complexity index is 437. The number of hydrogen-bond donors (Lipinski definition) is 1. The summed E-state index contributed by atoms with van der Waals surface area (Å²) in [4.78, 5) is 11.5. The highest BCUT2D eigenvalue weighted by Gasteiger charge is 2.41. The van der Waals surface area contributed by atoms with Gasteiger partial charge >= 0.3 is 5.97 Å². The van der Waals surface area contributed by atoms with Crippen LogP contribution in [0.15, 0.2) is 24.3 Å². The molecule has 1 aliphatic rings. The predicted octanol–water partition coefficient (Wildman–Crippen LogP) is 1.96. The van der Waals surface area contributed by atoms with Crippen molar-refractivity contribution in [1.82, 2.24) is 0 Å². The highest BCUT2D eigenvalue weighted by Crippen LogP contribution is 2.34. The number of methoxy groups -OCH3 is 1. The van der Waals surface area contributed by atoms with Gasteiger partial charge in [-0.25, -0.2) is 0 Å². The lowest BCUT2D eigenvalue weighted by molar-refractivity contribution is -0.157. The molecule has 0 spiro atoms. The molecule has 0 unspecified atom stereocenters. The maximum absolute atomic E-state index is 11.5. The van der Waals surface area contributed by atoms with Crippen molar-refractivity contribution in [2.75, 3.05) is 26.9 Å². The lowest BCUT2D eigenvalue weighted by Crippen LogP contribution is -2.42. The molecule has 0 radical (unpaired) electrons. The van der Waals surface area contributed by atoms with Crippen molar-refractivity contribution < 1.29 is 24.1 Å². The van der Waals surface area contributed by atoms with Gasteiger partial charge < -0.3 is 19.3 Å². The molecular formula is C14H18O5. The van der Waals surface area contributed by atoms with Crippen LogP contribution < -0.4 is 9.47 Å². The summed E-state index contributed by atoms with van der Waals surface area (Å²) in [5.74, 6) is 0.345. The van der Waals surface area contributed by atoms with E-state index in [2.05, 4.69) is 0 Å². The highest BCUT2D eigenvalue weighted by molar-refractivity contribution is 5.75. The van der Waals surface area contributed by atoms with Gasteiger partial charge in [-0.05, 0) is 25.0 Å². The summed E-state index contributed by atoms with van der Waals surface area (Å²) in [5.41, 5.74) is -0.862. The highest BCUT2D eigenvalue weighted by atomic mass is 16.5. The number of para-hydroxylation sites is 2. The van der Waals surface area contributed by atoms with E-state index >= 15 is 0 Å². The average Bonchev–Trinajstić information content (AvgIpc) is 2.46. The van der Waals surface area contributed by atoms with Crippen molar-refractivity contribution in [2.45, 2.75) is 12.8 Å². The minimum atomic E-state index is -0.862. The first-order valence-corrected chi connectivity index (χ1v) is 6.25. The molecule has 5 nitrogen and oxygen atoms in total. The zero-order chi connectivity index (χ0) is 13.7. The first-order valence-electron chi connectivity index (χ1n) is 6.25. The Labute approximate surface area is 112 Å². The van der Waals surface area contributed by atoms with E-state index in [1.54, 1.807) is 19.2 Å². The Balaban J connectivity index is 2.08. The van der Waals surface area contributed by atoms with E-state index in [9.17, 15) is 9.90 Å². The maximum atomic E-state index is 11.5. The second-order valence-corrected chi connectivity index (χ2v) is 4.64. The summed E-state index contributed by atoms with van der Waals surface area (Å²) in [6.07, 6.45) is 0.939. The average molecular weight is 266 g/mol. The lowest BCUT2D eigenvalue weighted by atomic mass is 9.81. The maximum Gasteiger partial charge on any atom is 0.313 e. The van der Waals surface area contributed by atoms with Crippen LogP contribution >= 0.6 is 0 Å². The van der Waals surface area contributed by atoms with Crippen molar-refractivity contribution in [1.29, 1.82) is 0 Å². The van der Waals surface area contributed by atoms with Crippen LogP contribution in [0.2, 0.25) is 0 Å². The first-order chi connectivity index (χ1) is 9.18. The van der Waals surface area contributed by atoms with Gasteiger partial charge in [-0.3, -0.25) is 4.79 Å². The largest absolute Gasteiger partial charge is 0.493 e. The number of hydrogen-bond acceptors (Lipinski definition) is 4. The summed E-state index contributed by atoms with van der Waals surface area (Å²) >= 11 is 0. The molecule has 1 aliphatic heterocycles. The van der Waals surface area contributed by atoms with Gasteiger partial charge in [0.05, 0.1) is 7.11 Å². The van der Waals surface area contributed by atoms with Crippen molar-refractivity contribution in [3.8, 4) is 11.5 Å². The molecule has 1 aromatic carbocycles. The quantitative estimate of drug-likeness (QED) is 0.882. The lowest BCUT2D eigenvalue weighted by Gasteiger charge is -2.32. The number of carbonyl (C=O) groups is 1. The van der Waals surface area contributed by atoms with Crippen LogP contribution in [0.5, 0.6) is 11.5 Å². The van der Waals surface area contributed by atoms with Crippen molar-refractivity contribution in [3.63, 3.8) is 0 Å². The van der Waals surface area contributed by atoms with Gasteiger partial charge in [0.25, 0.3) is 0 Å². The van der Waals surface area contributed by atoms with E-state index in [-0.39, 0.29) is 6.61 Å². The molecule has 0 aromatic heterocycles. The number of aliphatic carboxylic acids is 1. The number of rotatable bonds is 5. The third-order valence-electron chi connectivity index (χ3n) is 3.48. The number of carboxylic acid groups (broad SMARTS) is 1. The van der Waals surface area contributed by atoms with Crippen LogP contribution in [0.1, 0.15) is 12.8 Å². The fourth-order valence-electron chi connectivity index (χ4n) is 2.14. The fraction of sp³-hybridized carbons (Fsp3) is 0.500. The van der Waals surface area contributed by atoms with Crippen molar-refractivity contribution >= 4 is 5.97 Å². The van der Waals surface area contributed by atoms with E-state index in [0.717, 1.165) is 0 Å². The SMILES string of the molecule is COc1ccccc1OCC1(C(=O)O)CCOCC1. The number of ether oxygens (including phenoxy) is 3. The molecule has 0 saturated carbocycles. The minimum absolute atomic E-state index is 0.131. The van der Waals surface area contributed by atoms with Crippen LogP contribution in [-0.2, 0) is 9.53 Å². The van der Waals surface area contributed by atoms with Crippen LogP contribution in [-0.4, -0.2) is 38.0 Å². The van der Waals surface area contributed by atoms with Gasteiger partial charge in [0.15, 0.2) is 11.5 Å². The summed E-state index contributed by atoms with van der Waals surface area (Å²) in [6.45, 7) is 1.05. The third kappa shape index (κ3) is 2.98. The van der Waals surface area contributed by atoms with Gasteiger partial charge in [-0.1, -0.05) is 12.1 Å². The summed E-state index contributed by atoms with van der Waals surface area (Å²) in [6, 6.07) is 7.23. The predicted molar refractivity (Wildman–Crippen MR) is 68.6 cm³/mol. The Hall–Kier alpha value is -1.75. The van der Waals surface area contributed by atoms with E-state index in [1.165, 1.54) is 0 Å². The van der Waals surface area contributed by atoms with Crippen LogP contribution in [0, 0.1) is 5.41 Å². The summed E-state index contributed by atoms with van der Waals surface area (Å²) < 4.78 is 16.1. The Morgan fingerprint density at radius 2 is 1.95 bits per heavy atom. The minimum Gasteiger partial charge on any atom is -0.493 e. The molecule has 0 aliphatic carbocycles. The zero-order valence-corrected chi connectivity index (χ0v) is 10.9. The smallest absolute Gasteiger partial charge is 0.313 e.